The molecular formula is C20H25N5O. The lowest BCUT2D eigenvalue weighted by atomic mass is 9.68. The molecule has 26 heavy (non-hydrogen) atoms. The van der Waals surface area contributed by atoms with E-state index in [1.165, 1.54) is 5.56 Å². The first-order chi connectivity index (χ1) is 12.7. The lowest BCUT2D eigenvalue weighted by molar-refractivity contribution is -0.122. The number of nitrogens with one attached hydrogen (secondary N) is 1. The Morgan fingerprint density at radius 2 is 1.96 bits per heavy atom. The molecule has 2 saturated heterocycles. The van der Waals surface area contributed by atoms with Crippen LogP contribution in [-0.4, -0.2) is 60.5 Å². The van der Waals surface area contributed by atoms with Crippen molar-refractivity contribution in [2.75, 3.05) is 44.7 Å². The average Bonchev–Trinajstić information content (AvgIpc) is 3.09. The summed E-state index contributed by atoms with van der Waals surface area (Å²) < 4.78 is 0. The molecule has 0 bridgehead atoms. The van der Waals surface area contributed by atoms with Crippen molar-refractivity contribution >= 4 is 11.9 Å². The van der Waals surface area contributed by atoms with Gasteiger partial charge in [0, 0.05) is 50.4 Å². The highest BCUT2D eigenvalue weighted by Crippen LogP contribution is 2.45. The van der Waals surface area contributed by atoms with E-state index in [-0.39, 0.29) is 11.3 Å². The van der Waals surface area contributed by atoms with Gasteiger partial charge in [0.25, 0.3) is 0 Å². The van der Waals surface area contributed by atoms with Crippen molar-refractivity contribution < 1.29 is 4.79 Å². The molecule has 136 valence electrons. The number of benzene rings is 1. The number of fused-ring (bicyclic) bond motifs is 1. The molecule has 6 nitrogen and oxygen atoms in total. The first-order valence-corrected chi connectivity index (χ1v) is 9.22. The molecule has 4 rings (SSSR count). The van der Waals surface area contributed by atoms with Gasteiger partial charge in [-0.3, -0.25) is 9.69 Å². The van der Waals surface area contributed by atoms with Crippen molar-refractivity contribution in [2.24, 2.45) is 5.92 Å². The molecule has 2 unspecified atom stereocenters. The Kier molecular flexibility index (Phi) is 4.59. The van der Waals surface area contributed by atoms with Crippen LogP contribution in [0.5, 0.6) is 0 Å². The molecular weight excluding hydrogens is 326 g/mol. The number of likely N-dealkylation sites (tertiary alicyclic amines) is 1. The van der Waals surface area contributed by atoms with Gasteiger partial charge in [-0.1, -0.05) is 30.3 Å². The van der Waals surface area contributed by atoms with Gasteiger partial charge in [0.1, 0.15) is 0 Å². The van der Waals surface area contributed by atoms with Crippen molar-refractivity contribution in [3.05, 3.63) is 54.4 Å². The minimum absolute atomic E-state index is 0.0819. The maximum atomic E-state index is 11.8. The van der Waals surface area contributed by atoms with Gasteiger partial charge in [0.15, 0.2) is 0 Å². The Hall–Kier alpha value is -2.47. The molecule has 1 amide bonds. The molecule has 2 atom stereocenters. The number of piperidine rings is 1. The predicted molar refractivity (Wildman–Crippen MR) is 101 cm³/mol. The SMILES string of the molecule is CNC(=O)CN1CCC2(c3ccccc3)CN(c3ncccn3)CC2C1. The maximum absolute atomic E-state index is 11.8. The first-order valence-electron chi connectivity index (χ1n) is 9.22. The van der Waals surface area contributed by atoms with Crippen molar-refractivity contribution in [3.8, 4) is 0 Å². The molecule has 2 aromatic rings. The highest BCUT2D eigenvalue weighted by molar-refractivity contribution is 5.77. The van der Waals surface area contributed by atoms with E-state index >= 15 is 0 Å². The van der Waals surface area contributed by atoms with Crippen LogP contribution < -0.4 is 10.2 Å². The molecule has 0 aliphatic carbocycles. The van der Waals surface area contributed by atoms with Crippen LogP contribution in [0.3, 0.4) is 0 Å². The van der Waals surface area contributed by atoms with Gasteiger partial charge >= 0.3 is 0 Å². The number of rotatable bonds is 4. The van der Waals surface area contributed by atoms with Crippen molar-refractivity contribution in [1.82, 2.24) is 20.2 Å². The first kappa shape index (κ1) is 17.0. The van der Waals surface area contributed by atoms with Gasteiger partial charge in [-0.2, -0.15) is 0 Å². The molecule has 0 saturated carbocycles. The number of likely N-dealkylation sites (N-methyl/N-ethyl adjacent to an activating group) is 1. The van der Waals surface area contributed by atoms with E-state index in [4.69, 9.17) is 0 Å². The zero-order chi connectivity index (χ0) is 18.0. The number of hydrogen-bond acceptors (Lipinski definition) is 5. The van der Waals surface area contributed by atoms with Crippen LogP contribution >= 0.6 is 0 Å². The van der Waals surface area contributed by atoms with E-state index in [0.29, 0.717) is 12.5 Å². The monoisotopic (exact) mass is 351 g/mol. The Bertz CT molecular complexity index is 753. The van der Waals surface area contributed by atoms with Gasteiger partial charge in [-0.05, 0) is 24.6 Å². The maximum Gasteiger partial charge on any atom is 0.233 e. The summed E-state index contributed by atoms with van der Waals surface area (Å²) in [6.45, 7) is 4.18. The predicted octanol–water partition coefficient (Wildman–Crippen LogP) is 1.30. The van der Waals surface area contributed by atoms with Gasteiger partial charge in [-0.25, -0.2) is 9.97 Å². The Morgan fingerprint density at radius 1 is 1.19 bits per heavy atom. The van der Waals surface area contributed by atoms with Crippen LogP contribution in [0.15, 0.2) is 48.8 Å². The second kappa shape index (κ2) is 7.03. The number of amides is 1. The van der Waals surface area contributed by atoms with Gasteiger partial charge in [-0.15, -0.1) is 0 Å². The summed E-state index contributed by atoms with van der Waals surface area (Å²) in [4.78, 5) is 25.3. The molecule has 2 fully saturated rings. The molecule has 1 aromatic carbocycles. The topological polar surface area (TPSA) is 61.4 Å². The van der Waals surface area contributed by atoms with E-state index in [1.54, 1.807) is 19.4 Å². The molecule has 6 heteroatoms. The molecule has 0 spiro atoms. The minimum atomic E-state index is 0.0819. The van der Waals surface area contributed by atoms with Crippen molar-refractivity contribution in [2.45, 2.75) is 11.8 Å². The molecule has 2 aliphatic heterocycles. The van der Waals surface area contributed by atoms with Crippen LogP contribution in [0.2, 0.25) is 0 Å². The standard InChI is InChI=1S/C20H25N5O/c1-21-18(26)14-24-11-8-20(16-6-3-2-4-7-16)15-25(13-17(20)12-24)19-22-9-5-10-23-19/h2-7,9-10,17H,8,11-15H2,1H3,(H,21,26). The van der Waals surface area contributed by atoms with Crippen LogP contribution in [0.1, 0.15) is 12.0 Å². The Labute approximate surface area is 154 Å². The van der Waals surface area contributed by atoms with Gasteiger partial charge in [0.2, 0.25) is 11.9 Å². The summed E-state index contributed by atoms with van der Waals surface area (Å²) in [5.41, 5.74) is 1.49. The van der Waals surface area contributed by atoms with Crippen LogP contribution in [-0.2, 0) is 10.2 Å². The minimum Gasteiger partial charge on any atom is -0.358 e. The van der Waals surface area contributed by atoms with E-state index in [2.05, 4.69) is 55.4 Å². The number of anilines is 1. The normalized spacial score (nSPS) is 25.7. The number of nitrogens with zero attached hydrogens (tertiary/aromatic N) is 4. The van der Waals surface area contributed by atoms with E-state index in [9.17, 15) is 4.79 Å². The molecule has 3 heterocycles. The highest BCUT2D eigenvalue weighted by atomic mass is 16.1. The zero-order valence-corrected chi connectivity index (χ0v) is 15.1. The fourth-order valence-corrected chi connectivity index (χ4v) is 4.53. The number of carbonyl (C=O) groups is 1. The third-order valence-electron chi connectivity index (χ3n) is 5.88. The van der Waals surface area contributed by atoms with E-state index in [0.717, 1.165) is 38.5 Å². The smallest absolute Gasteiger partial charge is 0.233 e. The number of carbonyl (C=O) groups excluding carboxylic acids is 1. The Morgan fingerprint density at radius 3 is 2.69 bits per heavy atom. The summed E-state index contributed by atoms with van der Waals surface area (Å²) in [5, 5.41) is 2.74. The summed E-state index contributed by atoms with van der Waals surface area (Å²) in [6.07, 6.45) is 4.65. The molecule has 0 radical (unpaired) electrons. The lowest BCUT2D eigenvalue weighted by Crippen LogP contribution is -2.51. The Balaban J connectivity index is 1.62. The van der Waals surface area contributed by atoms with Gasteiger partial charge < -0.3 is 10.2 Å². The average molecular weight is 351 g/mol. The number of hydrogen-bond donors (Lipinski definition) is 1. The third kappa shape index (κ3) is 3.05. The zero-order valence-electron chi connectivity index (χ0n) is 15.1. The largest absolute Gasteiger partial charge is 0.358 e. The third-order valence-corrected chi connectivity index (χ3v) is 5.88. The fraction of sp³-hybridized carbons (Fsp3) is 0.450. The summed E-state index contributed by atoms with van der Waals surface area (Å²) in [7, 11) is 1.70. The summed E-state index contributed by atoms with van der Waals surface area (Å²) in [5.74, 6) is 1.33. The van der Waals surface area contributed by atoms with Crippen LogP contribution in [0.4, 0.5) is 5.95 Å². The number of aromatic nitrogens is 2. The van der Waals surface area contributed by atoms with E-state index in [1.807, 2.05) is 6.07 Å². The van der Waals surface area contributed by atoms with Gasteiger partial charge in [0.05, 0.1) is 6.54 Å². The highest BCUT2D eigenvalue weighted by Gasteiger charge is 2.51. The van der Waals surface area contributed by atoms with Crippen molar-refractivity contribution in [3.63, 3.8) is 0 Å². The van der Waals surface area contributed by atoms with Crippen molar-refractivity contribution in [1.29, 1.82) is 0 Å². The molecule has 2 aliphatic rings. The quantitative estimate of drug-likeness (QED) is 0.900. The second-order valence-electron chi connectivity index (χ2n) is 7.31. The molecule has 1 N–H and O–H groups in total. The fourth-order valence-electron chi connectivity index (χ4n) is 4.53. The van der Waals surface area contributed by atoms with E-state index < -0.39 is 0 Å². The summed E-state index contributed by atoms with van der Waals surface area (Å²) in [6, 6.07) is 12.7. The van der Waals surface area contributed by atoms with Crippen LogP contribution in [0.25, 0.3) is 0 Å². The van der Waals surface area contributed by atoms with Crippen LogP contribution in [0, 0.1) is 5.92 Å². The second-order valence-corrected chi connectivity index (χ2v) is 7.31. The lowest BCUT2D eigenvalue weighted by Gasteiger charge is -2.43. The summed E-state index contributed by atoms with van der Waals surface area (Å²) >= 11 is 0. The molecule has 1 aromatic heterocycles.